The standard InChI is InChI=1S/C47H63N15O9/c1-25(2)15-35(59-45(69)39(19-30-22-52-24-56-30)58-40(64)33(48)8-6-14-53-47(49)50)42(66)61-37(17-28-20-54-34-9-5-4-7-32(28)34)44(68)60-36(16-27-10-12-31(63)13-11-27)43(67)62-38(18-29-21-51-23-55-29)41(65)57-26(3)46(70)71/h4-5,7,9-13,20-26,33,35-39,54,63H,6,8,14-19,48H2,1-3H3,(H,51,55)(H,52,56)(H,57,65)(H,58,64)(H,59,69)(H,60,68)(H,61,66)(H,62,67)(H,70,71)(H4,49,50,53)/t26-,33-,35-,36-,37-,38-,39-/m0/s1. The van der Waals surface area contributed by atoms with Gasteiger partial charge in [-0.15, -0.1) is 0 Å². The molecule has 0 aliphatic heterocycles. The third kappa shape index (κ3) is 16.7. The van der Waals surface area contributed by atoms with Gasteiger partial charge < -0.3 is 74.3 Å². The number of nitrogens with two attached hydrogens (primary N) is 3. The van der Waals surface area contributed by atoms with Crippen LogP contribution in [0.4, 0.5) is 0 Å². The van der Waals surface area contributed by atoms with Gasteiger partial charge in [0.05, 0.1) is 18.7 Å². The zero-order valence-electron chi connectivity index (χ0n) is 39.6. The number of aliphatic carboxylic acids is 1. The number of nitrogens with zero attached hydrogens (tertiary/aromatic N) is 3. The molecule has 71 heavy (non-hydrogen) atoms. The van der Waals surface area contributed by atoms with Crippen LogP contribution in [0.2, 0.25) is 0 Å². The first-order chi connectivity index (χ1) is 33.9. The van der Waals surface area contributed by atoms with Crippen LogP contribution in [0.15, 0.2) is 84.8 Å². The van der Waals surface area contributed by atoms with E-state index in [-0.39, 0.29) is 62.7 Å². The van der Waals surface area contributed by atoms with Crippen LogP contribution in [0.3, 0.4) is 0 Å². The van der Waals surface area contributed by atoms with Crippen molar-refractivity contribution < 1.29 is 43.8 Å². The van der Waals surface area contributed by atoms with Crippen LogP contribution in [0.1, 0.15) is 62.5 Å². The number of phenols is 1. The monoisotopic (exact) mass is 981 g/mol. The summed E-state index contributed by atoms with van der Waals surface area (Å²) in [6, 6.07) is 4.21. The predicted molar refractivity (Wildman–Crippen MR) is 261 cm³/mol. The van der Waals surface area contributed by atoms with Crippen molar-refractivity contribution in [3.8, 4) is 5.75 Å². The number of carboxylic acid groups (broad SMARTS) is 1. The summed E-state index contributed by atoms with van der Waals surface area (Å²) >= 11 is 0. The normalized spacial score (nSPS) is 14.2. The van der Waals surface area contributed by atoms with Gasteiger partial charge in [0.15, 0.2) is 5.96 Å². The van der Waals surface area contributed by atoms with Gasteiger partial charge >= 0.3 is 5.97 Å². The topological polar surface area (TPSA) is 396 Å². The van der Waals surface area contributed by atoms with Crippen LogP contribution >= 0.6 is 0 Å². The smallest absolute Gasteiger partial charge is 0.325 e. The molecular formula is C47H63N15O9. The number of imidazole rings is 2. The summed E-state index contributed by atoms with van der Waals surface area (Å²) in [5.74, 6) is -6.23. The summed E-state index contributed by atoms with van der Waals surface area (Å²) in [5, 5.41) is 36.4. The summed E-state index contributed by atoms with van der Waals surface area (Å²) in [6.45, 7) is 5.17. The molecule has 24 nitrogen and oxygen atoms in total. The fraction of sp³-hybridized carbons (Fsp3) is 0.404. The summed E-state index contributed by atoms with van der Waals surface area (Å²) in [5.41, 5.74) is 19.8. The highest BCUT2D eigenvalue weighted by Gasteiger charge is 2.35. The molecule has 3 heterocycles. The summed E-state index contributed by atoms with van der Waals surface area (Å²) in [4.78, 5) is 117. The first-order valence-electron chi connectivity index (χ1n) is 23.0. The number of rotatable bonds is 27. The maximum Gasteiger partial charge on any atom is 0.325 e. The Labute approximate surface area is 408 Å². The van der Waals surface area contributed by atoms with Gasteiger partial charge in [-0.2, -0.15) is 0 Å². The minimum atomic E-state index is -1.42. The van der Waals surface area contributed by atoms with Gasteiger partial charge in [0.2, 0.25) is 35.4 Å². The van der Waals surface area contributed by atoms with Gasteiger partial charge in [0, 0.05) is 73.1 Å². The number of aromatic amines is 3. The number of carbonyl (C=O) groups excluding carboxylic acids is 6. The number of guanidine groups is 1. The summed E-state index contributed by atoms with van der Waals surface area (Å²) < 4.78 is 0. The van der Waals surface area contributed by atoms with Crippen molar-refractivity contribution >= 4 is 58.3 Å². The Morgan fingerprint density at radius 2 is 1.15 bits per heavy atom. The van der Waals surface area contributed by atoms with Crippen LogP contribution in [0.25, 0.3) is 10.9 Å². The Hall–Kier alpha value is -8.28. The van der Waals surface area contributed by atoms with Gasteiger partial charge in [-0.05, 0) is 61.4 Å². The fourth-order valence-electron chi connectivity index (χ4n) is 7.55. The second-order valence-electron chi connectivity index (χ2n) is 17.6. The van der Waals surface area contributed by atoms with E-state index < -0.39 is 83.7 Å². The molecule has 0 unspecified atom stereocenters. The first-order valence-corrected chi connectivity index (χ1v) is 23.0. The van der Waals surface area contributed by atoms with Gasteiger partial charge in [-0.1, -0.05) is 44.2 Å². The number of aromatic nitrogens is 5. The lowest BCUT2D eigenvalue weighted by atomic mass is 9.99. The number of para-hydroxylation sites is 1. The highest BCUT2D eigenvalue weighted by Crippen LogP contribution is 2.20. The number of carboxylic acids is 1. The maximum atomic E-state index is 14.8. The molecule has 5 aromatic rings. The first kappa shape index (κ1) is 53.7. The lowest BCUT2D eigenvalue weighted by Gasteiger charge is -2.28. The Bertz CT molecular complexity index is 2590. The van der Waals surface area contributed by atoms with Crippen LogP contribution < -0.4 is 49.1 Å². The molecule has 0 saturated carbocycles. The molecule has 0 fully saturated rings. The quantitative estimate of drug-likeness (QED) is 0.0171. The molecular weight excluding hydrogens is 919 g/mol. The number of nitrogens with one attached hydrogen (secondary N) is 9. The Balaban J connectivity index is 1.44. The van der Waals surface area contributed by atoms with Crippen molar-refractivity contribution in [3.63, 3.8) is 0 Å². The summed E-state index contributed by atoms with van der Waals surface area (Å²) in [7, 11) is 0. The minimum absolute atomic E-state index is 0.0482. The molecule has 0 spiro atoms. The second-order valence-corrected chi connectivity index (χ2v) is 17.6. The molecule has 0 saturated heterocycles. The van der Waals surface area contributed by atoms with E-state index in [1.54, 1.807) is 18.3 Å². The zero-order valence-corrected chi connectivity index (χ0v) is 39.6. The number of aromatic hydroxyl groups is 1. The van der Waals surface area contributed by atoms with E-state index in [1.807, 2.05) is 38.1 Å². The third-order valence-electron chi connectivity index (χ3n) is 11.3. The van der Waals surface area contributed by atoms with Gasteiger partial charge in [0.25, 0.3) is 0 Å². The minimum Gasteiger partial charge on any atom is -0.508 e. The largest absolute Gasteiger partial charge is 0.508 e. The maximum absolute atomic E-state index is 14.8. The molecule has 0 radical (unpaired) electrons. The van der Waals surface area contributed by atoms with Crippen molar-refractivity contribution in [2.45, 2.75) is 108 Å². The number of phenolic OH excluding ortho intramolecular Hbond substituents is 1. The van der Waals surface area contributed by atoms with E-state index in [2.05, 4.69) is 61.8 Å². The van der Waals surface area contributed by atoms with E-state index in [4.69, 9.17) is 17.2 Å². The number of hydrogen-bond donors (Lipinski definition) is 14. The number of fused-ring (bicyclic) bond motifs is 1. The molecule has 0 aliphatic carbocycles. The molecule has 0 aliphatic rings. The van der Waals surface area contributed by atoms with Crippen molar-refractivity contribution in [1.29, 1.82) is 0 Å². The lowest BCUT2D eigenvalue weighted by Crippen LogP contribution is -2.60. The van der Waals surface area contributed by atoms with Crippen molar-refractivity contribution in [2.75, 3.05) is 6.54 Å². The lowest BCUT2D eigenvalue weighted by molar-refractivity contribution is -0.141. The SMILES string of the molecule is CC(C)C[C@H](NC(=O)[C@H](Cc1cnc[nH]1)NC(=O)[C@@H](N)CCCN=C(N)N)C(=O)N[C@@H](Cc1c[nH]c2ccccc12)C(=O)N[C@@H](Cc1ccc(O)cc1)C(=O)N[C@@H](Cc1cnc[nH]1)C(=O)N[C@@H](C)C(=O)O. The fourth-order valence-corrected chi connectivity index (χ4v) is 7.55. The highest BCUT2D eigenvalue weighted by molar-refractivity contribution is 5.98. The average molecular weight is 982 g/mol. The molecule has 5 rings (SSSR count). The number of aliphatic imine (C=N–C) groups is 1. The molecule has 6 amide bonds. The van der Waals surface area contributed by atoms with Gasteiger partial charge in [0.1, 0.15) is 42.0 Å². The van der Waals surface area contributed by atoms with Crippen LogP contribution in [0.5, 0.6) is 5.75 Å². The van der Waals surface area contributed by atoms with E-state index in [1.165, 1.54) is 44.1 Å². The Kier molecular flexibility index (Phi) is 19.6. The zero-order chi connectivity index (χ0) is 51.6. The van der Waals surface area contributed by atoms with Crippen LogP contribution in [0, 0.1) is 5.92 Å². The van der Waals surface area contributed by atoms with Crippen LogP contribution in [-0.4, -0.2) is 131 Å². The molecule has 0 bridgehead atoms. The Morgan fingerprint density at radius 1 is 0.648 bits per heavy atom. The molecule has 2 aromatic carbocycles. The molecule has 7 atom stereocenters. The number of carbonyl (C=O) groups is 7. The van der Waals surface area contributed by atoms with E-state index >= 15 is 0 Å². The number of benzene rings is 2. The average Bonchev–Trinajstić information content (AvgIpc) is 4.13. The van der Waals surface area contributed by atoms with Crippen molar-refractivity contribution in [3.05, 3.63) is 102 Å². The third-order valence-corrected chi connectivity index (χ3v) is 11.3. The highest BCUT2D eigenvalue weighted by atomic mass is 16.4. The second kappa shape index (κ2) is 25.9. The Morgan fingerprint density at radius 3 is 1.69 bits per heavy atom. The van der Waals surface area contributed by atoms with E-state index in [0.29, 0.717) is 28.9 Å². The molecule has 3 aromatic heterocycles. The molecule has 17 N–H and O–H groups in total. The summed E-state index contributed by atoms with van der Waals surface area (Å²) in [6.07, 6.45) is 7.62. The van der Waals surface area contributed by atoms with E-state index in [0.717, 1.165) is 10.9 Å². The van der Waals surface area contributed by atoms with E-state index in [9.17, 15) is 43.8 Å². The van der Waals surface area contributed by atoms with Gasteiger partial charge in [-0.3, -0.25) is 38.6 Å². The predicted octanol–water partition coefficient (Wildman–Crippen LogP) is -0.969. The number of amides is 6. The molecule has 24 heteroatoms. The number of H-pyrrole nitrogens is 3. The van der Waals surface area contributed by atoms with Gasteiger partial charge in [-0.25, -0.2) is 9.97 Å². The van der Waals surface area contributed by atoms with Crippen molar-refractivity contribution in [2.24, 2.45) is 28.1 Å². The van der Waals surface area contributed by atoms with Crippen LogP contribution in [-0.2, 0) is 59.2 Å². The van der Waals surface area contributed by atoms with Crippen molar-refractivity contribution in [1.82, 2.24) is 56.8 Å². The molecule has 380 valence electrons. The number of hydrogen-bond acceptors (Lipinski definition) is 12.